The van der Waals surface area contributed by atoms with Crippen molar-refractivity contribution in [2.75, 3.05) is 40.4 Å². The van der Waals surface area contributed by atoms with Gasteiger partial charge in [-0.25, -0.2) is 0 Å². The number of carbonyl (C=O) groups is 1. The van der Waals surface area contributed by atoms with Crippen molar-refractivity contribution >= 4 is 11.9 Å². The van der Waals surface area contributed by atoms with E-state index in [0.717, 1.165) is 31.2 Å². The number of carbonyl (C=O) groups excluding carboxylic acids is 1. The lowest BCUT2D eigenvalue weighted by atomic mass is 9.93. The molecule has 2 atom stereocenters. The van der Waals surface area contributed by atoms with Gasteiger partial charge in [0.15, 0.2) is 5.96 Å². The van der Waals surface area contributed by atoms with Gasteiger partial charge in [0.2, 0.25) is 5.91 Å². The molecule has 1 aromatic rings. The fraction of sp³-hybridized carbons (Fsp3) is 0.737. The van der Waals surface area contributed by atoms with E-state index in [9.17, 15) is 4.79 Å². The van der Waals surface area contributed by atoms with Gasteiger partial charge in [0.05, 0.1) is 31.9 Å². The second-order valence-corrected chi connectivity index (χ2v) is 8.38. The topological polar surface area (TPSA) is 75.0 Å². The molecule has 1 fully saturated rings. The number of rotatable bonds is 6. The van der Waals surface area contributed by atoms with Gasteiger partial charge in [-0.05, 0) is 20.8 Å². The van der Waals surface area contributed by atoms with Crippen molar-refractivity contribution in [2.24, 2.45) is 10.9 Å². The first-order valence-electron chi connectivity index (χ1n) is 9.64. The third-order valence-electron chi connectivity index (χ3n) is 5.25. The molecule has 3 rings (SSSR count). The average molecular weight is 377 g/mol. The van der Waals surface area contributed by atoms with Crippen LogP contribution in [0.3, 0.4) is 0 Å². The number of aromatic nitrogens is 2. The fourth-order valence-electron chi connectivity index (χ4n) is 3.98. The molecule has 1 aromatic heterocycles. The molecule has 2 aliphatic heterocycles. The number of likely N-dealkylation sites (N-methyl/N-ethyl adjacent to an activating group) is 1. The van der Waals surface area contributed by atoms with Gasteiger partial charge in [0, 0.05) is 56.9 Å². The highest BCUT2D eigenvalue weighted by molar-refractivity contribution is 5.82. The van der Waals surface area contributed by atoms with E-state index in [1.165, 1.54) is 0 Å². The summed E-state index contributed by atoms with van der Waals surface area (Å²) in [7, 11) is 3.73. The Kier molecular flexibility index (Phi) is 5.74. The zero-order chi connectivity index (χ0) is 19.6. The number of likely N-dealkylation sites (tertiary alicyclic amines) is 1. The van der Waals surface area contributed by atoms with E-state index >= 15 is 0 Å². The van der Waals surface area contributed by atoms with Crippen LogP contribution in [0.4, 0.5) is 0 Å². The molecule has 0 aliphatic carbocycles. The number of ether oxygens (including phenoxy) is 1. The summed E-state index contributed by atoms with van der Waals surface area (Å²) in [6, 6.07) is 0.00797. The third-order valence-corrected chi connectivity index (χ3v) is 5.25. The van der Waals surface area contributed by atoms with Crippen LogP contribution in [0.15, 0.2) is 17.4 Å². The lowest BCUT2D eigenvalue weighted by Crippen LogP contribution is -2.45. The molecule has 1 saturated heterocycles. The largest absolute Gasteiger partial charge is 0.383 e. The smallest absolute Gasteiger partial charge is 0.223 e. The highest BCUT2D eigenvalue weighted by atomic mass is 16.5. The van der Waals surface area contributed by atoms with Gasteiger partial charge < -0.3 is 19.9 Å². The van der Waals surface area contributed by atoms with E-state index in [1.807, 2.05) is 29.0 Å². The Morgan fingerprint density at radius 2 is 2.15 bits per heavy atom. The van der Waals surface area contributed by atoms with Crippen LogP contribution in [0.2, 0.25) is 0 Å². The number of amides is 1. The van der Waals surface area contributed by atoms with Gasteiger partial charge in [0.1, 0.15) is 0 Å². The molecule has 1 amide bonds. The number of hydrogen-bond donors (Lipinski definition) is 1. The lowest BCUT2D eigenvalue weighted by molar-refractivity contribution is -0.133. The molecule has 1 N–H and O–H groups in total. The van der Waals surface area contributed by atoms with Crippen LogP contribution in [0.1, 0.15) is 38.8 Å². The predicted octanol–water partition coefficient (Wildman–Crippen LogP) is 1.11. The first kappa shape index (κ1) is 19.7. The van der Waals surface area contributed by atoms with Crippen molar-refractivity contribution in [3.05, 3.63) is 18.0 Å². The first-order valence-corrected chi connectivity index (χ1v) is 9.64. The van der Waals surface area contributed by atoms with E-state index in [1.54, 1.807) is 7.11 Å². The highest BCUT2D eigenvalue weighted by Gasteiger charge is 2.45. The number of guanidine groups is 1. The normalized spacial score (nSPS) is 23.3. The van der Waals surface area contributed by atoms with E-state index < -0.39 is 0 Å². The maximum atomic E-state index is 12.9. The quantitative estimate of drug-likeness (QED) is 0.805. The Balaban J connectivity index is 1.80. The summed E-state index contributed by atoms with van der Waals surface area (Å²) in [6.07, 6.45) is 4.48. The molecule has 0 spiro atoms. The van der Waals surface area contributed by atoms with Crippen LogP contribution < -0.4 is 5.32 Å². The number of aliphatic imine (C=N–C) groups is 1. The maximum absolute atomic E-state index is 12.9. The molecule has 2 aliphatic rings. The lowest BCUT2D eigenvalue weighted by Gasteiger charge is -2.38. The summed E-state index contributed by atoms with van der Waals surface area (Å²) in [5, 5.41) is 7.93. The Labute approximate surface area is 161 Å². The van der Waals surface area contributed by atoms with Crippen LogP contribution in [0.25, 0.3) is 0 Å². The van der Waals surface area contributed by atoms with Gasteiger partial charge >= 0.3 is 0 Å². The number of nitrogens with one attached hydrogen (secondary N) is 1. The zero-order valence-corrected chi connectivity index (χ0v) is 17.1. The van der Waals surface area contributed by atoms with Gasteiger partial charge in [-0.15, -0.1) is 0 Å². The summed E-state index contributed by atoms with van der Waals surface area (Å²) in [4.78, 5) is 21.5. The van der Waals surface area contributed by atoms with E-state index in [0.29, 0.717) is 19.6 Å². The molecule has 0 unspecified atom stereocenters. The van der Waals surface area contributed by atoms with Crippen LogP contribution >= 0.6 is 0 Å². The van der Waals surface area contributed by atoms with Crippen molar-refractivity contribution in [3.8, 4) is 0 Å². The highest BCUT2D eigenvalue weighted by Crippen LogP contribution is 2.42. The Bertz CT molecular complexity index is 693. The molecule has 27 heavy (non-hydrogen) atoms. The minimum Gasteiger partial charge on any atom is -0.383 e. The van der Waals surface area contributed by atoms with Gasteiger partial charge in [0.25, 0.3) is 0 Å². The first-order chi connectivity index (χ1) is 12.8. The summed E-state index contributed by atoms with van der Waals surface area (Å²) in [5.74, 6) is 1.30. The van der Waals surface area contributed by atoms with E-state index in [2.05, 4.69) is 41.1 Å². The summed E-state index contributed by atoms with van der Waals surface area (Å²) in [5.41, 5.74) is 0.840. The van der Waals surface area contributed by atoms with Crippen LogP contribution in [0.5, 0.6) is 0 Å². The number of nitrogens with zero attached hydrogens (tertiary/aromatic N) is 5. The van der Waals surface area contributed by atoms with Crippen molar-refractivity contribution in [3.63, 3.8) is 0 Å². The zero-order valence-electron chi connectivity index (χ0n) is 17.1. The van der Waals surface area contributed by atoms with Crippen molar-refractivity contribution in [1.29, 1.82) is 0 Å². The van der Waals surface area contributed by atoms with E-state index in [-0.39, 0.29) is 23.4 Å². The molecule has 0 aromatic carbocycles. The van der Waals surface area contributed by atoms with E-state index in [4.69, 9.17) is 4.74 Å². The van der Waals surface area contributed by atoms with Gasteiger partial charge in [-0.3, -0.25) is 14.5 Å². The SMILES string of the molecule is COCCn1cc([C@H]2[C@H](CNC3=NCCN3C)CC(=O)N2C(C)(C)C)cn1. The minimum atomic E-state index is -0.243. The Morgan fingerprint density at radius 1 is 1.37 bits per heavy atom. The second-order valence-electron chi connectivity index (χ2n) is 8.38. The number of methoxy groups -OCH3 is 1. The summed E-state index contributed by atoms with van der Waals surface area (Å²) < 4.78 is 7.04. The molecule has 0 bridgehead atoms. The number of hydrogen-bond acceptors (Lipinski definition) is 6. The van der Waals surface area contributed by atoms with Crippen LogP contribution in [-0.4, -0.2) is 77.4 Å². The van der Waals surface area contributed by atoms with Gasteiger partial charge in [-0.2, -0.15) is 5.10 Å². The van der Waals surface area contributed by atoms with Crippen molar-refractivity contribution < 1.29 is 9.53 Å². The van der Waals surface area contributed by atoms with Crippen LogP contribution in [-0.2, 0) is 16.1 Å². The third kappa shape index (κ3) is 4.26. The molecular weight excluding hydrogens is 344 g/mol. The molecule has 150 valence electrons. The van der Waals surface area contributed by atoms with Crippen molar-refractivity contribution in [2.45, 2.75) is 45.3 Å². The molecule has 0 radical (unpaired) electrons. The van der Waals surface area contributed by atoms with Crippen LogP contribution in [0, 0.1) is 5.92 Å². The maximum Gasteiger partial charge on any atom is 0.223 e. The summed E-state index contributed by atoms with van der Waals surface area (Å²) in [6.45, 7) is 10.1. The minimum absolute atomic E-state index is 0.00797. The van der Waals surface area contributed by atoms with Crippen molar-refractivity contribution in [1.82, 2.24) is 24.9 Å². The second kappa shape index (κ2) is 7.88. The molecular formula is C19H32N6O2. The Morgan fingerprint density at radius 3 is 2.78 bits per heavy atom. The molecule has 3 heterocycles. The fourth-order valence-corrected chi connectivity index (χ4v) is 3.98. The molecule has 0 saturated carbocycles. The Hall–Kier alpha value is -2.09. The molecule has 8 heteroatoms. The standard InChI is InChI=1S/C19H32N6O2/c1-19(2,3)25-16(26)10-14(11-21-18-20-6-7-23(18)4)17(25)15-12-22-24(13-15)8-9-27-5/h12-14,17H,6-11H2,1-5H3,(H,20,21)/t14-,17+/m0/s1. The molecule has 8 nitrogen and oxygen atoms in total. The van der Waals surface area contributed by atoms with Gasteiger partial charge in [-0.1, -0.05) is 0 Å². The monoisotopic (exact) mass is 376 g/mol. The average Bonchev–Trinajstić information content (AvgIpc) is 3.29. The summed E-state index contributed by atoms with van der Waals surface area (Å²) >= 11 is 0. The predicted molar refractivity (Wildman–Crippen MR) is 104 cm³/mol.